The van der Waals surface area contributed by atoms with Crippen molar-refractivity contribution < 1.29 is 0 Å². The Labute approximate surface area is 192 Å². The summed E-state index contributed by atoms with van der Waals surface area (Å²) in [6, 6.07) is 12.9. The predicted molar refractivity (Wildman–Crippen MR) is 134 cm³/mol. The molecule has 0 aliphatic carbocycles. The van der Waals surface area contributed by atoms with Crippen molar-refractivity contribution in [3.05, 3.63) is 35.9 Å². The molecular weight excluding hydrogens is 479 g/mol. The van der Waals surface area contributed by atoms with E-state index in [1.54, 1.807) is 0 Å². The van der Waals surface area contributed by atoms with Crippen molar-refractivity contribution in [3.8, 4) is 0 Å². The number of hydrogen-bond donors (Lipinski definition) is 2. The van der Waals surface area contributed by atoms with Gasteiger partial charge in [-0.1, -0.05) is 30.3 Å². The van der Waals surface area contributed by atoms with Crippen LogP contribution in [0.1, 0.15) is 52.0 Å². The van der Waals surface area contributed by atoms with Crippen molar-refractivity contribution in [1.82, 2.24) is 15.5 Å². The van der Waals surface area contributed by atoms with Gasteiger partial charge in [0.2, 0.25) is 0 Å². The smallest absolute Gasteiger partial charge is 0.191 e. The molecule has 2 unspecified atom stereocenters. The van der Waals surface area contributed by atoms with Gasteiger partial charge in [0.1, 0.15) is 0 Å². The first-order chi connectivity index (χ1) is 13.0. The SMILES string of the molecule is CCNC(=NCC(C)(C)SC)NC1CC2CCC(C1)N2Cc1ccccc1.I. The summed E-state index contributed by atoms with van der Waals surface area (Å²) in [6.07, 6.45) is 7.28. The second-order valence-corrected chi connectivity index (χ2v) is 10.0. The lowest BCUT2D eigenvalue weighted by Gasteiger charge is -2.39. The number of fused-ring (bicyclic) bond motifs is 2. The van der Waals surface area contributed by atoms with Gasteiger partial charge in [0.05, 0.1) is 6.54 Å². The zero-order valence-corrected chi connectivity index (χ0v) is 20.9. The second kappa shape index (κ2) is 11.1. The summed E-state index contributed by atoms with van der Waals surface area (Å²) in [5, 5.41) is 7.19. The number of benzene rings is 1. The van der Waals surface area contributed by atoms with Gasteiger partial charge in [0.15, 0.2) is 5.96 Å². The summed E-state index contributed by atoms with van der Waals surface area (Å²) in [4.78, 5) is 7.61. The van der Waals surface area contributed by atoms with E-state index in [1.165, 1.54) is 31.2 Å². The molecule has 3 rings (SSSR count). The van der Waals surface area contributed by atoms with Crippen molar-refractivity contribution >= 4 is 41.7 Å². The Morgan fingerprint density at radius 2 is 1.82 bits per heavy atom. The largest absolute Gasteiger partial charge is 0.357 e. The molecule has 28 heavy (non-hydrogen) atoms. The standard InChI is InChI=1S/C22H36N4S.HI/c1-5-23-21(24-16-22(2,3)27-4)25-18-13-19-11-12-20(14-18)26(19)15-17-9-7-6-8-10-17;/h6-10,18-20H,5,11-16H2,1-4H3,(H2,23,24,25);1H. The molecule has 2 fully saturated rings. The van der Waals surface area contributed by atoms with Gasteiger partial charge in [-0.3, -0.25) is 9.89 Å². The summed E-state index contributed by atoms with van der Waals surface area (Å²) >= 11 is 1.88. The summed E-state index contributed by atoms with van der Waals surface area (Å²) in [5.74, 6) is 0.987. The third-order valence-corrected chi connectivity index (χ3v) is 7.18. The maximum absolute atomic E-state index is 4.87. The lowest BCUT2D eigenvalue weighted by Crippen LogP contribution is -2.52. The highest BCUT2D eigenvalue weighted by Crippen LogP contribution is 2.36. The van der Waals surface area contributed by atoms with E-state index < -0.39 is 0 Å². The number of nitrogens with one attached hydrogen (secondary N) is 2. The molecule has 6 heteroatoms. The number of guanidine groups is 1. The molecule has 4 nitrogen and oxygen atoms in total. The van der Waals surface area contributed by atoms with Crippen molar-refractivity contribution in [1.29, 1.82) is 0 Å². The van der Waals surface area contributed by atoms with Crippen molar-refractivity contribution in [2.75, 3.05) is 19.3 Å². The van der Waals surface area contributed by atoms with Crippen LogP contribution in [0.2, 0.25) is 0 Å². The Bertz CT molecular complexity index is 608. The average molecular weight is 517 g/mol. The highest BCUT2D eigenvalue weighted by atomic mass is 127. The van der Waals surface area contributed by atoms with Gasteiger partial charge in [-0.15, -0.1) is 24.0 Å². The Morgan fingerprint density at radius 3 is 2.39 bits per heavy atom. The summed E-state index contributed by atoms with van der Waals surface area (Å²) < 4.78 is 0.181. The van der Waals surface area contributed by atoms with E-state index in [2.05, 4.69) is 72.9 Å². The first-order valence-electron chi connectivity index (χ1n) is 10.4. The van der Waals surface area contributed by atoms with Crippen molar-refractivity contribution in [2.45, 2.75) is 75.9 Å². The fourth-order valence-corrected chi connectivity index (χ4v) is 4.49. The fourth-order valence-electron chi connectivity index (χ4n) is 4.29. The van der Waals surface area contributed by atoms with E-state index in [0.717, 1.165) is 25.6 Å². The van der Waals surface area contributed by atoms with Gasteiger partial charge in [-0.2, -0.15) is 11.8 Å². The Kier molecular flexibility index (Phi) is 9.41. The number of halogens is 1. The minimum atomic E-state index is 0. The molecule has 2 saturated heterocycles. The van der Waals surface area contributed by atoms with Crippen molar-refractivity contribution in [3.63, 3.8) is 0 Å². The van der Waals surface area contributed by atoms with Crippen molar-refractivity contribution in [2.24, 2.45) is 4.99 Å². The minimum Gasteiger partial charge on any atom is -0.357 e. The number of rotatable bonds is 7. The summed E-state index contributed by atoms with van der Waals surface area (Å²) in [5.41, 5.74) is 1.44. The molecule has 2 bridgehead atoms. The van der Waals surface area contributed by atoms with Crippen LogP contribution in [0.25, 0.3) is 0 Å². The van der Waals surface area contributed by atoms with Crippen LogP contribution in [-0.4, -0.2) is 53.1 Å². The monoisotopic (exact) mass is 516 g/mol. The molecule has 2 atom stereocenters. The van der Waals surface area contributed by atoms with E-state index in [-0.39, 0.29) is 28.7 Å². The zero-order valence-electron chi connectivity index (χ0n) is 17.8. The number of piperidine rings is 1. The zero-order chi connectivity index (χ0) is 19.3. The van der Waals surface area contributed by atoms with E-state index >= 15 is 0 Å². The Balaban J connectivity index is 0.00000280. The Morgan fingerprint density at radius 1 is 1.18 bits per heavy atom. The molecule has 158 valence electrons. The molecule has 2 aliphatic heterocycles. The first kappa shape index (κ1) is 23.8. The van der Waals surface area contributed by atoms with Gasteiger partial charge in [-0.05, 0) is 58.3 Å². The van der Waals surface area contributed by atoms with Gasteiger partial charge in [-0.25, -0.2) is 0 Å². The minimum absolute atomic E-state index is 0. The molecule has 0 aromatic heterocycles. The average Bonchev–Trinajstić information content (AvgIpc) is 2.89. The van der Waals surface area contributed by atoms with Crippen LogP contribution in [0.15, 0.2) is 35.3 Å². The van der Waals surface area contributed by atoms with Crippen LogP contribution >= 0.6 is 35.7 Å². The normalized spacial score (nSPS) is 25.3. The second-order valence-electron chi connectivity index (χ2n) is 8.51. The fraction of sp³-hybridized carbons (Fsp3) is 0.682. The van der Waals surface area contributed by atoms with E-state index in [0.29, 0.717) is 18.1 Å². The van der Waals surface area contributed by atoms with Gasteiger partial charge < -0.3 is 10.6 Å². The Hall–Kier alpha value is -0.470. The van der Waals surface area contributed by atoms with Crippen LogP contribution < -0.4 is 10.6 Å². The number of aliphatic imine (C=N–C) groups is 1. The third kappa shape index (κ3) is 6.52. The van der Waals surface area contributed by atoms with Gasteiger partial charge in [0, 0.05) is 36.0 Å². The maximum atomic E-state index is 4.87. The highest BCUT2D eigenvalue weighted by molar-refractivity contribution is 14.0. The molecule has 2 heterocycles. The van der Waals surface area contributed by atoms with Crippen LogP contribution in [0.5, 0.6) is 0 Å². The molecule has 0 saturated carbocycles. The molecule has 1 aromatic rings. The number of hydrogen-bond acceptors (Lipinski definition) is 3. The number of thioether (sulfide) groups is 1. The van der Waals surface area contributed by atoms with Gasteiger partial charge in [0.25, 0.3) is 0 Å². The molecule has 1 aromatic carbocycles. The summed E-state index contributed by atoms with van der Waals surface area (Å²) in [7, 11) is 0. The lowest BCUT2D eigenvalue weighted by atomic mass is 9.96. The van der Waals surface area contributed by atoms with E-state index in [1.807, 2.05) is 11.8 Å². The molecule has 0 radical (unpaired) electrons. The molecule has 2 aliphatic rings. The maximum Gasteiger partial charge on any atom is 0.191 e. The highest BCUT2D eigenvalue weighted by Gasteiger charge is 2.40. The molecule has 0 amide bonds. The predicted octanol–water partition coefficient (Wildman–Crippen LogP) is 4.50. The van der Waals surface area contributed by atoms with Crippen LogP contribution in [0.4, 0.5) is 0 Å². The molecule has 0 spiro atoms. The molecule has 2 N–H and O–H groups in total. The van der Waals surface area contributed by atoms with Crippen LogP contribution in [0, 0.1) is 0 Å². The quantitative estimate of drug-likeness (QED) is 0.318. The first-order valence-corrected chi connectivity index (χ1v) is 11.6. The number of nitrogens with zero attached hydrogens (tertiary/aromatic N) is 2. The van der Waals surface area contributed by atoms with Gasteiger partial charge >= 0.3 is 0 Å². The lowest BCUT2D eigenvalue weighted by molar-refractivity contribution is 0.114. The summed E-state index contributed by atoms with van der Waals surface area (Å²) in [6.45, 7) is 9.50. The van der Waals surface area contributed by atoms with E-state index in [9.17, 15) is 0 Å². The topological polar surface area (TPSA) is 39.7 Å². The van der Waals surface area contributed by atoms with Crippen LogP contribution in [0.3, 0.4) is 0 Å². The van der Waals surface area contributed by atoms with Crippen LogP contribution in [-0.2, 0) is 6.54 Å². The van der Waals surface area contributed by atoms with E-state index in [4.69, 9.17) is 4.99 Å². The molecular formula is C22H37IN4S. The third-order valence-electron chi connectivity index (χ3n) is 5.95.